The van der Waals surface area contributed by atoms with Gasteiger partial charge in [-0.1, -0.05) is 25.3 Å². The average Bonchev–Trinajstić information content (AvgIpc) is 3.32. The Bertz CT molecular complexity index is 1030. The van der Waals surface area contributed by atoms with Crippen LogP contribution >= 0.6 is 0 Å². The molecule has 7 heteroatoms. The number of ketones is 1. The lowest BCUT2D eigenvalue weighted by molar-refractivity contribution is -0.144. The smallest absolute Gasteiger partial charge is 0.247 e. The summed E-state index contributed by atoms with van der Waals surface area (Å²) in [7, 11) is 0. The van der Waals surface area contributed by atoms with E-state index >= 15 is 0 Å². The van der Waals surface area contributed by atoms with E-state index in [1.807, 2.05) is 23.1 Å². The van der Waals surface area contributed by atoms with Crippen LogP contribution in [0.15, 0.2) is 24.3 Å². The molecular formula is C24H26N2O5. The number of benzene rings is 1. The highest BCUT2D eigenvalue weighted by molar-refractivity contribution is 5.99. The minimum atomic E-state index is -0.747. The Morgan fingerprint density at radius 2 is 1.84 bits per heavy atom. The zero-order valence-corrected chi connectivity index (χ0v) is 17.6. The lowest BCUT2D eigenvalue weighted by atomic mass is 9.63. The maximum Gasteiger partial charge on any atom is 0.247 e. The standard InChI is InChI=1S/C24H26N2O5/c1-14(27)25-12-15-9-19-20(31-13-30-19)11-18(15)24-8-7-17(28)10-21(24)26(23(29)22(24)25)16-5-3-2-4-6-16/h7-9,11,16,21-22H,2-6,10,12-13H2,1H3/t21-,22+,24?/m0/s1. The van der Waals surface area contributed by atoms with Crippen molar-refractivity contribution >= 4 is 17.6 Å². The Hall–Kier alpha value is -2.83. The zero-order chi connectivity index (χ0) is 21.3. The van der Waals surface area contributed by atoms with Gasteiger partial charge >= 0.3 is 0 Å². The van der Waals surface area contributed by atoms with Crippen LogP contribution in [0.1, 0.15) is 56.6 Å². The van der Waals surface area contributed by atoms with Gasteiger partial charge in [-0.3, -0.25) is 14.4 Å². The van der Waals surface area contributed by atoms with Gasteiger partial charge in [0.25, 0.3) is 0 Å². The van der Waals surface area contributed by atoms with Gasteiger partial charge in [-0.25, -0.2) is 0 Å². The molecule has 0 radical (unpaired) electrons. The number of allylic oxidation sites excluding steroid dienone is 1. The largest absolute Gasteiger partial charge is 0.454 e. The average molecular weight is 422 g/mol. The van der Waals surface area contributed by atoms with Gasteiger partial charge in [0.05, 0.1) is 11.5 Å². The number of ether oxygens (including phenoxy) is 2. The predicted octanol–water partition coefficient (Wildman–Crippen LogP) is 2.46. The first kappa shape index (κ1) is 18.9. The number of hydrogen-bond donors (Lipinski definition) is 0. The molecule has 3 heterocycles. The molecule has 1 spiro atoms. The van der Waals surface area contributed by atoms with E-state index < -0.39 is 11.5 Å². The third-order valence-electron chi connectivity index (χ3n) is 7.86. The first-order chi connectivity index (χ1) is 15.0. The highest BCUT2D eigenvalue weighted by Gasteiger charge is 2.65. The van der Waals surface area contributed by atoms with E-state index in [0.717, 1.165) is 36.8 Å². The van der Waals surface area contributed by atoms with Crippen molar-refractivity contribution in [3.05, 3.63) is 35.4 Å². The molecular weight excluding hydrogens is 396 g/mol. The van der Waals surface area contributed by atoms with Gasteiger partial charge in [-0.15, -0.1) is 0 Å². The summed E-state index contributed by atoms with van der Waals surface area (Å²) in [5, 5.41) is 0. The topological polar surface area (TPSA) is 76.2 Å². The van der Waals surface area contributed by atoms with Crippen LogP contribution in [-0.4, -0.2) is 52.3 Å². The number of likely N-dealkylation sites (tertiary alicyclic amines) is 1. The van der Waals surface area contributed by atoms with Crippen LogP contribution in [0.5, 0.6) is 11.5 Å². The number of rotatable bonds is 1. The third-order valence-corrected chi connectivity index (χ3v) is 7.86. The first-order valence-electron chi connectivity index (χ1n) is 11.2. The minimum Gasteiger partial charge on any atom is -0.454 e. The van der Waals surface area contributed by atoms with Gasteiger partial charge in [-0.2, -0.15) is 0 Å². The third kappa shape index (κ3) is 2.49. The summed E-state index contributed by atoms with van der Waals surface area (Å²) in [6, 6.07) is 3.13. The second-order valence-electron chi connectivity index (χ2n) is 9.40. The fourth-order valence-corrected chi connectivity index (χ4v) is 6.56. The minimum absolute atomic E-state index is 0.0187. The molecule has 1 aromatic carbocycles. The van der Waals surface area contributed by atoms with Crippen molar-refractivity contribution < 1.29 is 23.9 Å². The Kier molecular flexibility index (Phi) is 4.01. The molecule has 1 unspecified atom stereocenters. The van der Waals surface area contributed by atoms with Crippen LogP contribution in [0, 0.1) is 0 Å². The predicted molar refractivity (Wildman–Crippen MR) is 111 cm³/mol. The number of amides is 2. The van der Waals surface area contributed by atoms with Crippen molar-refractivity contribution in [1.82, 2.24) is 9.80 Å². The van der Waals surface area contributed by atoms with Gasteiger partial charge in [0.15, 0.2) is 17.3 Å². The van der Waals surface area contributed by atoms with Crippen LogP contribution < -0.4 is 9.47 Å². The molecule has 0 aromatic heterocycles. The molecule has 7 nitrogen and oxygen atoms in total. The second-order valence-corrected chi connectivity index (χ2v) is 9.40. The molecule has 1 aromatic rings. The van der Waals surface area contributed by atoms with Crippen LogP contribution in [0.25, 0.3) is 0 Å². The molecule has 0 N–H and O–H groups in total. The molecule has 0 bridgehead atoms. The molecule has 2 fully saturated rings. The van der Waals surface area contributed by atoms with Crippen LogP contribution in [0.2, 0.25) is 0 Å². The number of nitrogens with zero attached hydrogens (tertiary/aromatic N) is 2. The van der Waals surface area contributed by atoms with E-state index in [1.165, 1.54) is 13.3 Å². The van der Waals surface area contributed by atoms with Crippen molar-refractivity contribution in [3.8, 4) is 11.5 Å². The number of carbonyl (C=O) groups excluding carboxylic acids is 3. The fourth-order valence-electron chi connectivity index (χ4n) is 6.56. The van der Waals surface area contributed by atoms with E-state index in [1.54, 1.807) is 11.0 Å². The van der Waals surface area contributed by atoms with E-state index in [2.05, 4.69) is 0 Å². The molecule has 2 amide bonds. The molecule has 1 saturated heterocycles. The first-order valence-corrected chi connectivity index (χ1v) is 11.2. The van der Waals surface area contributed by atoms with E-state index in [9.17, 15) is 14.4 Å². The Morgan fingerprint density at radius 3 is 2.58 bits per heavy atom. The number of carbonyl (C=O) groups is 3. The monoisotopic (exact) mass is 422 g/mol. The Morgan fingerprint density at radius 1 is 1.10 bits per heavy atom. The van der Waals surface area contributed by atoms with Gasteiger partial charge < -0.3 is 19.3 Å². The van der Waals surface area contributed by atoms with Gasteiger partial charge in [0, 0.05) is 25.9 Å². The van der Waals surface area contributed by atoms with E-state index in [4.69, 9.17) is 9.47 Å². The van der Waals surface area contributed by atoms with Crippen molar-refractivity contribution in [2.45, 2.75) is 75.5 Å². The maximum absolute atomic E-state index is 14.0. The lowest BCUT2D eigenvalue weighted by Crippen LogP contribution is -2.58. The zero-order valence-electron chi connectivity index (χ0n) is 17.6. The quantitative estimate of drug-likeness (QED) is 0.695. The highest BCUT2D eigenvalue weighted by Crippen LogP contribution is 2.55. The second kappa shape index (κ2) is 6.58. The van der Waals surface area contributed by atoms with Crippen LogP contribution in [-0.2, 0) is 26.3 Å². The van der Waals surface area contributed by atoms with Gasteiger partial charge in [0.2, 0.25) is 18.6 Å². The van der Waals surface area contributed by atoms with E-state index in [-0.39, 0.29) is 42.9 Å². The molecule has 2 aliphatic carbocycles. The van der Waals surface area contributed by atoms with E-state index in [0.29, 0.717) is 18.0 Å². The molecule has 3 atom stereocenters. The maximum atomic E-state index is 14.0. The molecule has 31 heavy (non-hydrogen) atoms. The summed E-state index contributed by atoms with van der Waals surface area (Å²) >= 11 is 0. The SMILES string of the molecule is CC(=O)N1Cc2cc3c(cc2C24C=CC(=O)C[C@@H]2N(C2CCCCC2)C(=O)[C@@H]14)OCO3. The highest BCUT2D eigenvalue weighted by atomic mass is 16.7. The summed E-state index contributed by atoms with van der Waals surface area (Å²) in [6.45, 7) is 2.04. The molecule has 1 saturated carbocycles. The number of hydrogen-bond acceptors (Lipinski definition) is 5. The van der Waals surface area contributed by atoms with Gasteiger partial charge in [0.1, 0.15) is 6.04 Å². The normalized spacial score (nSPS) is 31.5. The van der Waals surface area contributed by atoms with Gasteiger partial charge in [-0.05, 0) is 42.2 Å². The molecule has 162 valence electrons. The summed E-state index contributed by atoms with van der Waals surface area (Å²) in [6.07, 6.45) is 9.08. The van der Waals surface area contributed by atoms with Crippen LogP contribution in [0.4, 0.5) is 0 Å². The Labute approximate surface area is 181 Å². The fraction of sp³-hybridized carbons (Fsp3) is 0.542. The molecule has 3 aliphatic heterocycles. The molecule has 6 rings (SSSR count). The van der Waals surface area contributed by atoms with Crippen molar-refractivity contribution in [2.75, 3.05) is 6.79 Å². The van der Waals surface area contributed by atoms with Crippen molar-refractivity contribution in [3.63, 3.8) is 0 Å². The summed E-state index contributed by atoms with van der Waals surface area (Å²) in [5.41, 5.74) is 1.19. The van der Waals surface area contributed by atoms with Crippen molar-refractivity contribution in [1.29, 1.82) is 0 Å². The summed E-state index contributed by atoms with van der Waals surface area (Å²) in [5.74, 6) is 1.21. The Balaban J connectivity index is 1.58. The van der Waals surface area contributed by atoms with Crippen molar-refractivity contribution in [2.24, 2.45) is 0 Å². The summed E-state index contributed by atoms with van der Waals surface area (Å²) < 4.78 is 11.2. The lowest BCUT2D eigenvalue weighted by Gasteiger charge is -2.48. The molecule has 5 aliphatic rings. The van der Waals surface area contributed by atoms with Crippen LogP contribution in [0.3, 0.4) is 0 Å². The number of fused-ring (bicyclic) bond motifs is 2. The summed E-state index contributed by atoms with van der Waals surface area (Å²) in [4.78, 5) is 43.0.